The Balaban J connectivity index is 2.46. The van der Waals surface area contributed by atoms with Crippen molar-refractivity contribution in [3.8, 4) is 0 Å². The first-order valence-electron chi connectivity index (χ1n) is 5.00. The van der Waals surface area contributed by atoms with Crippen molar-refractivity contribution in [1.82, 2.24) is 9.78 Å². The third kappa shape index (κ3) is 2.73. The fraction of sp³-hybridized carbons (Fsp3) is 0.700. The molecule has 1 heterocycles. The molecule has 0 aliphatic heterocycles. The summed E-state index contributed by atoms with van der Waals surface area (Å²) in [5.74, 6) is 1.40. The average Bonchev–Trinajstić information content (AvgIpc) is 2.42. The summed E-state index contributed by atoms with van der Waals surface area (Å²) in [5.41, 5.74) is 7.06. The van der Waals surface area contributed by atoms with E-state index in [9.17, 15) is 0 Å². The molecule has 0 saturated heterocycles. The summed E-state index contributed by atoms with van der Waals surface area (Å²) in [6.07, 6.45) is 0. The number of rotatable bonds is 4. The van der Waals surface area contributed by atoms with Gasteiger partial charge in [0.2, 0.25) is 0 Å². The Morgan fingerprint density at radius 1 is 1.57 bits per heavy atom. The standard InChI is InChI=1S/C10H20N4/c1-7(2)9(11)6-12-10-5-8(3)14(4)13-10/h5,7,9H,6,11H2,1-4H3,(H,12,13)/t9-/m0/s1. The maximum atomic E-state index is 5.91. The lowest BCUT2D eigenvalue weighted by atomic mass is 10.1. The van der Waals surface area contributed by atoms with Crippen molar-refractivity contribution in [2.75, 3.05) is 11.9 Å². The fourth-order valence-corrected chi connectivity index (χ4v) is 1.11. The zero-order chi connectivity index (χ0) is 10.7. The Hall–Kier alpha value is -1.03. The van der Waals surface area contributed by atoms with Crippen LogP contribution in [0.3, 0.4) is 0 Å². The highest BCUT2D eigenvalue weighted by atomic mass is 15.3. The summed E-state index contributed by atoms with van der Waals surface area (Å²) in [5, 5.41) is 7.52. The van der Waals surface area contributed by atoms with Crippen LogP contribution in [-0.2, 0) is 7.05 Å². The molecule has 0 aliphatic rings. The Morgan fingerprint density at radius 2 is 2.21 bits per heavy atom. The third-order valence-electron chi connectivity index (χ3n) is 2.49. The van der Waals surface area contributed by atoms with E-state index in [0.717, 1.165) is 18.1 Å². The topological polar surface area (TPSA) is 55.9 Å². The summed E-state index contributed by atoms with van der Waals surface area (Å²) in [6, 6.07) is 2.20. The van der Waals surface area contributed by atoms with E-state index in [1.807, 2.05) is 24.7 Å². The molecule has 0 spiro atoms. The minimum atomic E-state index is 0.178. The Morgan fingerprint density at radius 3 is 2.64 bits per heavy atom. The van der Waals surface area contributed by atoms with Gasteiger partial charge >= 0.3 is 0 Å². The van der Waals surface area contributed by atoms with Crippen molar-refractivity contribution in [2.45, 2.75) is 26.8 Å². The van der Waals surface area contributed by atoms with Gasteiger partial charge in [0.05, 0.1) is 0 Å². The van der Waals surface area contributed by atoms with Crippen LogP contribution in [0.1, 0.15) is 19.5 Å². The van der Waals surface area contributed by atoms with Crippen LogP contribution >= 0.6 is 0 Å². The predicted octanol–water partition coefficient (Wildman–Crippen LogP) is 1.12. The van der Waals surface area contributed by atoms with Gasteiger partial charge in [-0.15, -0.1) is 0 Å². The van der Waals surface area contributed by atoms with Crippen LogP contribution < -0.4 is 11.1 Å². The Bertz CT molecular complexity index is 271. The molecule has 4 nitrogen and oxygen atoms in total. The molecular formula is C10H20N4. The van der Waals surface area contributed by atoms with Gasteiger partial charge < -0.3 is 11.1 Å². The lowest BCUT2D eigenvalue weighted by molar-refractivity contribution is 0.511. The lowest BCUT2D eigenvalue weighted by Gasteiger charge is -2.15. The second kappa shape index (κ2) is 4.46. The number of aryl methyl sites for hydroxylation is 2. The second-order valence-corrected chi connectivity index (χ2v) is 4.08. The predicted molar refractivity (Wildman–Crippen MR) is 59.2 cm³/mol. The van der Waals surface area contributed by atoms with Crippen LogP contribution in [0.2, 0.25) is 0 Å². The molecule has 0 aliphatic carbocycles. The number of nitrogens with zero attached hydrogens (tertiary/aromatic N) is 2. The van der Waals surface area contributed by atoms with Gasteiger partial charge in [-0.25, -0.2) is 0 Å². The van der Waals surface area contributed by atoms with E-state index >= 15 is 0 Å². The first-order chi connectivity index (χ1) is 6.50. The smallest absolute Gasteiger partial charge is 0.148 e. The molecule has 0 saturated carbocycles. The quantitative estimate of drug-likeness (QED) is 0.759. The molecular weight excluding hydrogens is 176 g/mol. The third-order valence-corrected chi connectivity index (χ3v) is 2.49. The SMILES string of the molecule is Cc1cc(NC[C@H](N)C(C)C)nn1C. The number of aromatic nitrogens is 2. The van der Waals surface area contributed by atoms with E-state index in [1.54, 1.807) is 0 Å². The molecule has 0 unspecified atom stereocenters. The average molecular weight is 196 g/mol. The zero-order valence-electron chi connectivity index (χ0n) is 9.41. The van der Waals surface area contributed by atoms with Crippen LogP contribution in [0, 0.1) is 12.8 Å². The largest absolute Gasteiger partial charge is 0.367 e. The first kappa shape index (κ1) is 11.0. The molecule has 0 aromatic carbocycles. The highest BCUT2D eigenvalue weighted by Gasteiger charge is 2.08. The van der Waals surface area contributed by atoms with Crippen LogP contribution in [-0.4, -0.2) is 22.4 Å². The first-order valence-corrected chi connectivity index (χ1v) is 5.00. The zero-order valence-corrected chi connectivity index (χ0v) is 9.41. The normalized spacial score (nSPS) is 13.3. The molecule has 0 bridgehead atoms. The molecule has 0 amide bonds. The summed E-state index contributed by atoms with van der Waals surface area (Å²) < 4.78 is 1.85. The minimum Gasteiger partial charge on any atom is -0.367 e. The van der Waals surface area contributed by atoms with Gasteiger partial charge in [0.15, 0.2) is 0 Å². The van der Waals surface area contributed by atoms with E-state index < -0.39 is 0 Å². The van der Waals surface area contributed by atoms with Gasteiger partial charge in [-0.3, -0.25) is 4.68 Å². The van der Waals surface area contributed by atoms with Crippen molar-refractivity contribution in [3.05, 3.63) is 11.8 Å². The summed E-state index contributed by atoms with van der Waals surface area (Å²) in [6.45, 7) is 7.04. The van der Waals surface area contributed by atoms with Gasteiger partial charge in [-0.2, -0.15) is 5.10 Å². The Kier molecular flexibility index (Phi) is 3.52. The Labute approximate surface area is 85.5 Å². The van der Waals surface area contributed by atoms with Gasteiger partial charge in [0.25, 0.3) is 0 Å². The number of nitrogens with one attached hydrogen (secondary N) is 1. The molecule has 1 aromatic rings. The monoisotopic (exact) mass is 196 g/mol. The van der Waals surface area contributed by atoms with Crippen LogP contribution in [0.25, 0.3) is 0 Å². The lowest BCUT2D eigenvalue weighted by Crippen LogP contribution is -2.34. The number of anilines is 1. The van der Waals surface area contributed by atoms with E-state index in [4.69, 9.17) is 5.73 Å². The van der Waals surface area contributed by atoms with Gasteiger partial charge in [-0.05, 0) is 12.8 Å². The minimum absolute atomic E-state index is 0.178. The van der Waals surface area contributed by atoms with Gasteiger partial charge in [-0.1, -0.05) is 13.8 Å². The number of nitrogens with two attached hydrogens (primary N) is 1. The van der Waals surface area contributed by atoms with Crippen LogP contribution in [0.4, 0.5) is 5.82 Å². The van der Waals surface area contributed by atoms with Crippen molar-refractivity contribution >= 4 is 5.82 Å². The molecule has 1 aromatic heterocycles. The molecule has 1 atom stereocenters. The molecule has 0 radical (unpaired) electrons. The van der Waals surface area contributed by atoms with Crippen molar-refractivity contribution in [2.24, 2.45) is 18.7 Å². The highest BCUT2D eigenvalue weighted by molar-refractivity contribution is 5.35. The van der Waals surface area contributed by atoms with Crippen molar-refractivity contribution < 1.29 is 0 Å². The van der Waals surface area contributed by atoms with Gasteiger partial charge in [0.1, 0.15) is 5.82 Å². The fourth-order valence-electron chi connectivity index (χ4n) is 1.11. The summed E-state index contributed by atoms with van der Waals surface area (Å²) in [4.78, 5) is 0. The molecule has 80 valence electrons. The summed E-state index contributed by atoms with van der Waals surface area (Å²) in [7, 11) is 1.93. The van der Waals surface area contributed by atoms with E-state index in [-0.39, 0.29) is 6.04 Å². The molecule has 0 fully saturated rings. The maximum absolute atomic E-state index is 5.91. The molecule has 4 heteroatoms. The van der Waals surface area contributed by atoms with Crippen LogP contribution in [0.15, 0.2) is 6.07 Å². The van der Waals surface area contributed by atoms with Crippen LogP contribution in [0.5, 0.6) is 0 Å². The maximum Gasteiger partial charge on any atom is 0.148 e. The van der Waals surface area contributed by atoms with Crippen molar-refractivity contribution in [3.63, 3.8) is 0 Å². The highest BCUT2D eigenvalue weighted by Crippen LogP contribution is 2.07. The van der Waals surface area contributed by atoms with Gasteiger partial charge in [0, 0.05) is 31.4 Å². The second-order valence-electron chi connectivity index (χ2n) is 4.08. The van der Waals surface area contributed by atoms with E-state index in [1.165, 1.54) is 0 Å². The number of hydrogen-bond acceptors (Lipinski definition) is 3. The van der Waals surface area contributed by atoms with E-state index in [2.05, 4.69) is 24.3 Å². The summed E-state index contributed by atoms with van der Waals surface area (Å²) >= 11 is 0. The molecule has 3 N–H and O–H groups in total. The molecule has 14 heavy (non-hydrogen) atoms. The van der Waals surface area contributed by atoms with E-state index in [0.29, 0.717) is 5.92 Å². The van der Waals surface area contributed by atoms with Crippen molar-refractivity contribution in [1.29, 1.82) is 0 Å². The molecule has 1 rings (SSSR count). The number of hydrogen-bond donors (Lipinski definition) is 2.